The molecule has 1 aromatic carbocycles. The second-order valence-corrected chi connectivity index (χ2v) is 17.5. The van der Waals surface area contributed by atoms with Gasteiger partial charge in [-0.2, -0.15) is 0 Å². The Labute approximate surface area is 194 Å². The molecule has 4 rings (SSSR count). The SMILES string of the molecule is CC[Si]1([C]2([Ti+2][C]3=C(C)C(C)=C(C)C3(C)C)C=Cc3ccccc32)CCC1.[Cl-].[Cl-]. The average molecular weight is 467 g/mol. The zero-order valence-electron chi connectivity index (χ0n) is 18.0. The molecule has 0 amide bonds. The van der Waals surface area contributed by atoms with Crippen LogP contribution in [0.2, 0.25) is 18.1 Å². The summed E-state index contributed by atoms with van der Waals surface area (Å²) >= 11 is -0.261. The second-order valence-electron chi connectivity index (χ2n) is 9.22. The Kier molecular flexibility index (Phi) is 7.12. The zero-order valence-corrected chi connectivity index (χ0v) is 22.1. The third kappa shape index (κ3) is 3.12. The van der Waals surface area contributed by atoms with Crippen molar-refractivity contribution in [1.82, 2.24) is 0 Å². The van der Waals surface area contributed by atoms with Gasteiger partial charge in [0.15, 0.2) is 0 Å². The summed E-state index contributed by atoms with van der Waals surface area (Å²) in [5.41, 5.74) is 8.29. The monoisotopic (exact) mass is 466 g/mol. The largest absolute Gasteiger partial charge is 1.00 e. The number of hydrogen-bond donors (Lipinski definition) is 0. The van der Waals surface area contributed by atoms with Gasteiger partial charge in [-0.1, -0.05) is 0 Å². The van der Waals surface area contributed by atoms with Crippen molar-refractivity contribution in [3.05, 3.63) is 62.1 Å². The molecule has 0 bridgehead atoms. The van der Waals surface area contributed by atoms with E-state index < -0.39 is 8.07 Å². The van der Waals surface area contributed by atoms with Gasteiger partial charge in [0, 0.05) is 0 Å². The van der Waals surface area contributed by atoms with Crippen LogP contribution in [0.4, 0.5) is 0 Å². The topological polar surface area (TPSA) is 0 Å². The van der Waals surface area contributed by atoms with Crippen LogP contribution in [0.3, 0.4) is 0 Å². The van der Waals surface area contributed by atoms with Crippen LogP contribution >= 0.6 is 0 Å². The number of hydrogen-bond acceptors (Lipinski definition) is 0. The molecule has 0 saturated carbocycles. The molecule has 2 aliphatic carbocycles. The average Bonchev–Trinajstić information content (AvgIpc) is 3.02. The number of fused-ring (bicyclic) bond motifs is 1. The van der Waals surface area contributed by atoms with Crippen LogP contribution in [0, 0.1) is 5.41 Å². The molecule has 0 N–H and O–H groups in total. The zero-order chi connectivity index (χ0) is 18.7. The first-order chi connectivity index (χ1) is 12.3. The van der Waals surface area contributed by atoms with Crippen molar-refractivity contribution in [3.8, 4) is 0 Å². The third-order valence-corrected chi connectivity index (χ3v) is 20.4. The maximum absolute atomic E-state index is 2.71. The molecule has 1 unspecified atom stereocenters. The van der Waals surface area contributed by atoms with Gasteiger partial charge in [-0.25, -0.2) is 0 Å². The quantitative estimate of drug-likeness (QED) is 0.582. The maximum Gasteiger partial charge on any atom is -1.00 e. The maximum atomic E-state index is 2.71. The summed E-state index contributed by atoms with van der Waals surface area (Å²) in [6.07, 6.45) is 6.67. The number of benzene rings is 1. The molecule has 28 heavy (non-hydrogen) atoms. The van der Waals surface area contributed by atoms with Crippen LogP contribution in [0.25, 0.3) is 6.08 Å². The first kappa shape index (κ1) is 24.2. The molecular weight excluding hydrogens is 435 g/mol. The van der Waals surface area contributed by atoms with Crippen molar-refractivity contribution in [1.29, 1.82) is 0 Å². The molecule has 0 aromatic heterocycles. The van der Waals surface area contributed by atoms with Gasteiger partial charge < -0.3 is 24.8 Å². The Morgan fingerprint density at radius 2 is 1.64 bits per heavy atom. The molecule has 1 saturated heterocycles. The minimum Gasteiger partial charge on any atom is -1.00 e. The van der Waals surface area contributed by atoms with E-state index in [0.717, 1.165) is 0 Å². The van der Waals surface area contributed by atoms with E-state index in [1.165, 1.54) is 18.0 Å². The summed E-state index contributed by atoms with van der Waals surface area (Å²) in [5.74, 6) is 0. The molecule has 1 aliphatic heterocycles. The Morgan fingerprint density at radius 1 is 1.00 bits per heavy atom. The van der Waals surface area contributed by atoms with Crippen LogP contribution in [0.15, 0.2) is 50.9 Å². The molecule has 0 nitrogen and oxygen atoms in total. The summed E-state index contributed by atoms with van der Waals surface area (Å²) in [6.45, 7) is 14.6. The van der Waals surface area contributed by atoms with Crippen molar-refractivity contribution >= 4 is 14.1 Å². The molecule has 1 aromatic rings. The van der Waals surface area contributed by atoms with E-state index in [1.807, 2.05) is 3.88 Å². The number of halogens is 2. The van der Waals surface area contributed by atoms with Crippen LogP contribution < -0.4 is 24.8 Å². The fourth-order valence-corrected chi connectivity index (χ4v) is 17.0. The van der Waals surface area contributed by atoms with Crippen molar-refractivity contribution in [2.45, 2.75) is 69.4 Å². The summed E-state index contributed by atoms with van der Waals surface area (Å²) < 4.78 is 2.27. The number of allylic oxidation sites excluding steroid dienone is 5. The molecule has 1 atom stereocenters. The molecule has 0 radical (unpaired) electrons. The summed E-state index contributed by atoms with van der Waals surface area (Å²) in [7, 11) is -1.27. The van der Waals surface area contributed by atoms with Gasteiger partial charge in [-0.15, -0.1) is 0 Å². The third-order valence-electron chi connectivity index (χ3n) is 8.11. The molecule has 0 spiro atoms. The summed E-state index contributed by atoms with van der Waals surface area (Å²) in [4.78, 5) is 0. The second kappa shape index (κ2) is 8.23. The van der Waals surface area contributed by atoms with Gasteiger partial charge >= 0.3 is 170 Å². The van der Waals surface area contributed by atoms with Crippen molar-refractivity contribution in [3.63, 3.8) is 0 Å². The van der Waals surface area contributed by atoms with E-state index in [4.69, 9.17) is 0 Å². The van der Waals surface area contributed by atoms with Crippen molar-refractivity contribution in [2.75, 3.05) is 0 Å². The van der Waals surface area contributed by atoms with Gasteiger partial charge in [0.1, 0.15) is 0 Å². The Bertz CT molecular complexity index is 856. The van der Waals surface area contributed by atoms with Gasteiger partial charge in [0.05, 0.1) is 0 Å². The molecule has 1 heterocycles. The molecule has 3 aliphatic rings. The van der Waals surface area contributed by atoms with Gasteiger partial charge in [-0.3, -0.25) is 0 Å². The Balaban J connectivity index is 0.00000140. The van der Waals surface area contributed by atoms with Crippen molar-refractivity contribution in [2.24, 2.45) is 5.41 Å². The molecular formula is C24H32Cl2SiTi. The fraction of sp³-hybridized carbons (Fsp3) is 0.500. The van der Waals surface area contributed by atoms with Crippen LogP contribution in [-0.4, -0.2) is 8.07 Å². The smallest absolute Gasteiger partial charge is 1.00 e. The summed E-state index contributed by atoms with van der Waals surface area (Å²) in [5, 5.41) is 0. The van der Waals surface area contributed by atoms with Gasteiger partial charge in [-0.05, 0) is 0 Å². The molecule has 1 fully saturated rings. The van der Waals surface area contributed by atoms with E-state index in [-0.39, 0.29) is 49.4 Å². The van der Waals surface area contributed by atoms with Crippen LogP contribution in [0.5, 0.6) is 0 Å². The first-order valence-corrected chi connectivity index (χ1v) is 14.4. The van der Waals surface area contributed by atoms with Crippen molar-refractivity contribution < 1.29 is 44.0 Å². The minimum atomic E-state index is -1.27. The molecule has 150 valence electrons. The van der Waals surface area contributed by atoms with E-state index in [2.05, 4.69) is 78.0 Å². The molecule has 4 heteroatoms. The van der Waals surface area contributed by atoms with E-state index >= 15 is 0 Å². The Morgan fingerprint density at radius 3 is 2.14 bits per heavy atom. The van der Waals surface area contributed by atoms with E-state index in [1.54, 1.807) is 34.4 Å². The first-order valence-electron chi connectivity index (χ1n) is 10.3. The predicted octanol–water partition coefficient (Wildman–Crippen LogP) is 1.06. The minimum absolute atomic E-state index is 0. The summed E-state index contributed by atoms with van der Waals surface area (Å²) in [6, 6.07) is 13.9. The fourth-order valence-electron chi connectivity index (χ4n) is 5.68. The van der Waals surface area contributed by atoms with Gasteiger partial charge in [0.2, 0.25) is 0 Å². The Hall–Kier alpha value is -0.0488. The van der Waals surface area contributed by atoms with E-state index in [0.29, 0.717) is 3.34 Å². The number of rotatable bonds is 4. The normalized spacial score (nSPS) is 26.2. The predicted molar refractivity (Wildman–Crippen MR) is 112 cm³/mol. The van der Waals surface area contributed by atoms with E-state index in [9.17, 15) is 0 Å². The standard InChI is InChI=1S/C14H17Si.C10H15.2ClH.Ti/c1-2-15(10-5-11-15)14-9-8-12-6-3-4-7-13(12)14;1-7-6-10(4,5)9(3)8(7)2;;;/h3-4,6-9H,2,5,10-11H2,1H3;1-5H3;2*1H;/q;;;;+2/p-2. The van der Waals surface area contributed by atoms with Crippen LogP contribution in [0.1, 0.15) is 59.1 Å². The van der Waals surface area contributed by atoms with Crippen LogP contribution in [-0.2, 0) is 22.5 Å². The van der Waals surface area contributed by atoms with Gasteiger partial charge in [0.25, 0.3) is 0 Å².